The molecule has 3 unspecified atom stereocenters. The quantitative estimate of drug-likeness (QED) is 0.206. The number of hydrogen-bond acceptors (Lipinski definition) is 3. The molecule has 0 fully saturated rings. The molecule has 2 aromatic carbocycles. The third kappa shape index (κ3) is 4.90. The molecule has 1 aliphatic heterocycles. The summed E-state index contributed by atoms with van der Waals surface area (Å²) in [5.41, 5.74) is -4.25. The van der Waals surface area contributed by atoms with Gasteiger partial charge in [0.15, 0.2) is 0 Å². The van der Waals surface area contributed by atoms with E-state index >= 15 is 0 Å². The summed E-state index contributed by atoms with van der Waals surface area (Å²) >= 11 is 21.1. The highest BCUT2D eigenvalue weighted by Crippen LogP contribution is 2.56. The number of benzene rings is 2. The van der Waals surface area contributed by atoms with Gasteiger partial charge in [-0.25, -0.2) is 4.39 Å². The van der Waals surface area contributed by atoms with Crippen LogP contribution in [0, 0.1) is 11.7 Å². The summed E-state index contributed by atoms with van der Waals surface area (Å²) in [7, 11) is 0. The first-order valence-electron chi connectivity index (χ1n) is 9.52. The zero-order valence-corrected chi connectivity index (χ0v) is 21.3. The molecule has 1 aliphatic rings. The van der Waals surface area contributed by atoms with E-state index in [0.29, 0.717) is 6.21 Å². The Balaban J connectivity index is 2.30. The number of nitrogens with zero attached hydrogens (tertiary/aromatic N) is 1. The summed E-state index contributed by atoms with van der Waals surface area (Å²) < 4.78 is 63.8. The SMILES string of the molecule is CC(C)(C)OC(=O)C1C(c2ccc(F)c(Br)c2)N=CC1(c1cc(Cl)c(Cl)c(Cl)c1)C(F)(F)F. The van der Waals surface area contributed by atoms with Gasteiger partial charge >= 0.3 is 12.1 Å². The first-order chi connectivity index (χ1) is 15.1. The normalized spacial score (nSPS) is 23.1. The van der Waals surface area contributed by atoms with Crippen molar-refractivity contribution in [1.29, 1.82) is 0 Å². The van der Waals surface area contributed by atoms with Crippen LogP contribution in [0.5, 0.6) is 0 Å². The molecule has 3 nitrogen and oxygen atoms in total. The molecule has 0 saturated carbocycles. The van der Waals surface area contributed by atoms with E-state index in [1.807, 2.05) is 0 Å². The van der Waals surface area contributed by atoms with Crippen LogP contribution in [0.15, 0.2) is 39.8 Å². The van der Waals surface area contributed by atoms with E-state index in [-0.39, 0.29) is 25.1 Å². The summed E-state index contributed by atoms with van der Waals surface area (Å²) in [5.74, 6) is -3.64. The van der Waals surface area contributed by atoms with Crippen LogP contribution < -0.4 is 0 Å². The van der Waals surface area contributed by atoms with E-state index in [9.17, 15) is 22.4 Å². The maximum Gasteiger partial charge on any atom is 0.404 e. The molecule has 0 radical (unpaired) electrons. The molecule has 0 aliphatic carbocycles. The minimum Gasteiger partial charge on any atom is -0.460 e. The maximum absolute atomic E-state index is 14.9. The van der Waals surface area contributed by atoms with Gasteiger partial charge in [-0.3, -0.25) is 9.79 Å². The van der Waals surface area contributed by atoms with Crippen molar-refractivity contribution in [2.24, 2.45) is 10.9 Å². The van der Waals surface area contributed by atoms with Gasteiger partial charge in [0, 0.05) is 6.21 Å². The number of hydrogen-bond donors (Lipinski definition) is 0. The lowest BCUT2D eigenvalue weighted by Crippen LogP contribution is -2.52. The van der Waals surface area contributed by atoms with Crippen LogP contribution in [0.4, 0.5) is 17.6 Å². The predicted molar refractivity (Wildman–Crippen MR) is 124 cm³/mol. The molecule has 0 saturated heterocycles. The average Bonchev–Trinajstić information content (AvgIpc) is 3.08. The minimum atomic E-state index is -5.01. The van der Waals surface area contributed by atoms with Crippen molar-refractivity contribution >= 4 is 62.9 Å². The number of carbonyl (C=O) groups excluding carboxylic acids is 1. The smallest absolute Gasteiger partial charge is 0.404 e. The van der Waals surface area contributed by atoms with E-state index in [2.05, 4.69) is 20.9 Å². The summed E-state index contributed by atoms with van der Waals surface area (Å²) in [6, 6.07) is 4.32. The highest BCUT2D eigenvalue weighted by Gasteiger charge is 2.67. The molecule has 3 rings (SSSR count). The Morgan fingerprint density at radius 1 is 1.09 bits per heavy atom. The third-order valence-electron chi connectivity index (χ3n) is 5.12. The molecule has 0 amide bonds. The number of carbonyl (C=O) groups is 1. The lowest BCUT2D eigenvalue weighted by Gasteiger charge is -2.38. The average molecular weight is 590 g/mol. The van der Waals surface area contributed by atoms with E-state index < -0.39 is 46.5 Å². The van der Waals surface area contributed by atoms with Gasteiger partial charge in [0.2, 0.25) is 0 Å². The number of rotatable bonds is 3. The molecular weight excluding hydrogens is 573 g/mol. The largest absolute Gasteiger partial charge is 0.460 e. The molecule has 0 aromatic heterocycles. The number of aliphatic imine (C=N–C) groups is 1. The highest BCUT2D eigenvalue weighted by atomic mass is 79.9. The zero-order valence-electron chi connectivity index (χ0n) is 17.4. The van der Waals surface area contributed by atoms with Crippen LogP contribution in [0.3, 0.4) is 0 Å². The van der Waals surface area contributed by atoms with Crippen molar-refractivity contribution in [2.75, 3.05) is 0 Å². The highest BCUT2D eigenvalue weighted by molar-refractivity contribution is 9.10. The standard InChI is InChI=1S/C22H17BrCl3F4NO2/c1-20(2,3)33-19(32)16-18(10-4-5-15(27)12(23)6-10)31-9-21(16,22(28,29)30)11-7-13(24)17(26)14(25)8-11/h4-9,16,18H,1-3H3. The zero-order chi connectivity index (χ0) is 24.9. The van der Waals surface area contributed by atoms with E-state index in [1.54, 1.807) is 0 Å². The van der Waals surface area contributed by atoms with E-state index in [1.165, 1.54) is 32.9 Å². The van der Waals surface area contributed by atoms with Gasteiger partial charge in [-0.1, -0.05) is 40.9 Å². The second-order valence-corrected chi connectivity index (χ2v) is 10.6. The van der Waals surface area contributed by atoms with Gasteiger partial charge in [-0.15, -0.1) is 0 Å². The molecule has 0 bridgehead atoms. The number of ether oxygens (including phenoxy) is 1. The van der Waals surface area contributed by atoms with Crippen LogP contribution in [-0.4, -0.2) is 24.0 Å². The van der Waals surface area contributed by atoms with Crippen molar-refractivity contribution < 1.29 is 27.1 Å². The lowest BCUT2D eigenvalue weighted by atomic mass is 9.68. The number of esters is 1. The van der Waals surface area contributed by atoms with E-state index in [0.717, 1.165) is 18.2 Å². The summed E-state index contributed by atoms with van der Waals surface area (Å²) in [6.45, 7) is 4.61. The first-order valence-corrected chi connectivity index (χ1v) is 11.4. The molecule has 33 heavy (non-hydrogen) atoms. The van der Waals surface area contributed by atoms with E-state index in [4.69, 9.17) is 39.5 Å². The van der Waals surface area contributed by atoms with Gasteiger partial charge in [0.25, 0.3) is 0 Å². The molecule has 0 spiro atoms. The van der Waals surface area contributed by atoms with Crippen molar-refractivity contribution in [2.45, 2.75) is 44.0 Å². The van der Waals surface area contributed by atoms with Crippen molar-refractivity contribution in [1.82, 2.24) is 0 Å². The molecule has 178 valence electrons. The Kier molecular flexibility index (Phi) is 7.18. The monoisotopic (exact) mass is 587 g/mol. The summed E-state index contributed by atoms with van der Waals surface area (Å²) in [4.78, 5) is 17.4. The second kappa shape index (κ2) is 9.02. The lowest BCUT2D eigenvalue weighted by molar-refractivity contribution is -0.197. The van der Waals surface area contributed by atoms with Crippen LogP contribution >= 0.6 is 50.7 Å². The molecular formula is C22H17BrCl3F4NO2. The van der Waals surface area contributed by atoms with Crippen LogP contribution in [0.1, 0.15) is 37.9 Å². The van der Waals surface area contributed by atoms with Crippen LogP contribution in [0.2, 0.25) is 15.1 Å². The Bertz CT molecular complexity index is 1110. The molecule has 1 heterocycles. The Morgan fingerprint density at radius 3 is 2.15 bits per heavy atom. The minimum absolute atomic E-state index is 0.0141. The fourth-order valence-corrected chi connectivity index (χ4v) is 4.72. The Hall–Kier alpha value is -1.35. The Labute approximate surface area is 211 Å². The molecule has 3 atom stereocenters. The number of halogens is 8. The van der Waals surface area contributed by atoms with Gasteiger partial charge in [-0.05, 0) is 72.1 Å². The van der Waals surface area contributed by atoms with Crippen molar-refractivity contribution in [3.05, 3.63) is 66.8 Å². The van der Waals surface area contributed by atoms with Gasteiger partial charge in [0.1, 0.15) is 22.8 Å². The molecule has 11 heteroatoms. The van der Waals surface area contributed by atoms with Crippen LogP contribution in [-0.2, 0) is 14.9 Å². The van der Waals surface area contributed by atoms with Gasteiger partial charge in [-0.2, -0.15) is 13.2 Å². The second-order valence-electron chi connectivity index (χ2n) is 8.53. The van der Waals surface area contributed by atoms with Crippen LogP contribution in [0.25, 0.3) is 0 Å². The topological polar surface area (TPSA) is 38.7 Å². The Morgan fingerprint density at radius 2 is 1.67 bits per heavy atom. The van der Waals surface area contributed by atoms with Crippen molar-refractivity contribution in [3.8, 4) is 0 Å². The van der Waals surface area contributed by atoms with Crippen molar-refractivity contribution in [3.63, 3.8) is 0 Å². The van der Waals surface area contributed by atoms with Gasteiger partial charge in [0.05, 0.1) is 25.6 Å². The predicted octanol–water partition coefficient (Wildman–Crippen LogP) is 8.13. The fourth-order valence-electron chi connectivity index (χ4n) is 3.73. The third-order valence-corrected chi connectivity index (χ3v) is 6.93. The fraction of sp³-hybridized carbons (Fsp3) is 0.364. The first kappa shape index (κ1) is 26.3. The number of alkyl halides is 3. The summed E-state index contributed by atoms with van der Waals surface area (Å²) in [5, 5.41) is -0.554. The molecule has 2 aromatic rings. The maximum atomic E-state index is 14.9. The molecule has 0 N–H and O–H groups in total. The summed E-state index contributed by atoms with van der Waals surface area (Å²) in [6.07, 6.45) is -4.34. The van der Waals surface area contributed by atoms with Gasteiger partial charge < -0.3 is 4.74 Å².